The molecule has 0 saturated heterocycles. The number of nitrogens with one attached hydrogen (secondary N) is 2. The van der Waals surface area contributed by atoms with Gasteiger partial charge in [0.25, 0.3) is 0 Å². The molecule has 0 spiro atoms. The lowest BCUT2D eigenvalue weighted by Gasteiger charge is -2.24. The molecule has 0 aliphatic carbocycles. The van der Waals surface area contributed by atoms with Crippen molar-refractivity contribution in [3.8, 4) is 0 Å². The van der Waals surface area contributed by atoms with Crippen molar-refractivity contribution in [3.05, 3.63) is 18.2 Å². The average molecular weight is 225 g/mol. The summed E-state index contributed by atoms with van der Waals surface area (Å²) in [5.41, 5.74) is -0.0611. The standard InChI is InChI=1S/C12H23N3O/c1-5-10(11-14-8-9-15-11)13-7-6-12(2,3)16-4/h8-10,13H,5-7H2,1-4H3,(H,14,15). The largest absolute Gasteiger partial charge is 0.379 e. The van der Waals surface area contributed by atoms with E-state index < -0.39 is 0 Å². The number of nitrogens with zero attached hydrogens (tertiary/aromatic N) is 1. The molecular weight excluding hydrogens is 202 g/mol. The van der Waals surface area contributed by atoms with Crippen molar-refractivity contribution in [1.29, 1.82) is 0 Å². The topological polar surface area (TPSA) is 49.9 Å². The summed E-state index contributed by atoms with van der Waals surface area (Å²) in [4.78, 5) is 7.42. The minimum Gasteiger partial charge on any atom is -0.379 e. The van der Waals surface area contributed by atoms with Crippen LogP contribution in [-0.2, 0) is 4.74 Å². The van der Waals surface area contributed by atoms with Gasteiger partial charge < -0.3 is 15.0 Å². The van der Waals surface area contributed by atoms with Gasteiger partial charge in [-0.2, -0.15) is 0 Å². The van der Waals surface area contributed by atoms with Gasteiger partial charge in [-0.15, -0.1) is 0 Å². The van der Waals surface area contributed by atoms with E-state index in [0.29, 0.717) is 6.04 Å². The SMILES string of the molecule is CCC(NCCC(C)(C)OC)c1ncc[nH]1. The van der Waals surface area contributed by atoms with Crippen LogP contribution in [0.1, 0.15) is 45.5 Å². The second kappa shape index (κ2) is 6.01. The van der Waals surface area contributed by atoms with Crippen LogP contribution in [0.25, 0.3) is 0 Å². The number of aromatic nitrogens is 2. The fourth-order valence-electron chi connectivity index (χ4n) is 1.55. The molecule has 0 aromatic carbocycles. The number of hydrogen-bond acceptors (Lipinski definition) is 3. The van der Waals surface area contributed by atoms with Crippen LogP contribution >= 0.6 is 0 Å². The summed E-state index contributed by atoms with van der Waals surface area (Å²) in [5.74, 6) is 1.01. The van der Waals surface area contributed by atoms with Gasteiger partial charge in [0.05, 0.1) is 11.6 Å². The molecule has 4 heteroatoms. The highest BCUT2D eigenvalue weighted by molar-refractivity contribution is 4.95. The fourth-order valence-corrected chi connectivity index (χ4v) is 1.55. The lowest BCUT2D eigenvalue weighted by atomic mass is 10.0. The molecule has 0 amide bonds. The molecule has 4 nitrogen and oxygen atoms in total. The van der Waals surface area contributed by atoms with Crippen LogP contribution in [0.5, 0.6) is 0 Å². The van der Waals surface area contributed by atoms with Gasteiger partial charge in [0, 0.05) is 19.5 Å². The van der Waals surface area contributed by atoms with Crippen molar-refractivity contribution in [2.75, 3.05) is 13.7 Å². The molecule has 0 bridgehead atoms. The number of methoxy groups -OCH3 is 1. The van der Waals surface area contributed by atoms with E-state index in [9.17, 15) is 0 Å². The molecule has 92 valence electrons. The van der Waals surface area contributed by atoms with Crippen molar-refractivity contribution >= 4 is 0 Å². The smallest absolute Gasteiger partial charge is 0.123 e. The van der Waals surface area contributed by atoms with E-state index in [0.717, 1.165) is 25.2 Å². The number of imidazole rings is 1. The second-order valence-corrected chi connectivity index (χ2v) is 4.60. The predicted molar refractivity (Wildman–Crippen MR) is 65.3 cm³/mol. The Morgan fingerprint density at radius 3 is 2.81 bits per heavy atom. The molecule has 1 aromatic heterocycles. The molecule has 16 heavy (non-hydrogen) atoms. The van der Waals surface area contributed by atoms with Crippen molar-refractivity contribution in [1.82, 2.24) is 15.3 Å². The predicted octanol–water partition coefficient (Wildman–Crippen LogP) is 2.27. The number of aromatic amines is 1. The Kier molecular flexibility index (Phi) is 4.96. The van der Waals surface area contributed by atoms with E-state index in [4.69, 9.17) is 4.74 Å². The highest BCUT2D eigenvalue weighted by atomic mass is 16.5. The van der Waals surface area contributed by atoms with Gasteiger partial charge in [-0.25, -0.2) is 4.98 Å². The van der Waals surface area contributed by atoms with Crippen LogP contribution in [0.15, 0.2) is 12.4 Å². The Labute approximate surface area is 97.8 Å². The van der Waals surface area contributed by atoms with Crippen molar-refractivity contribution < 1.29 is 4.74 Å². The maximum Gasteiger partial charge on any atom is 0.123 e. The van der Waals surface area contributed by atoms with Gasteiger partial charge >= 0.3 is 0 Å². The zero-order chi connectivity index (χ0) is 12.0. The van der Waals surface area contributed by atoms with Crippen molar-refractivity contribution in [2.24, 2.45) is 0 Å². The first-order chi connectivity index (χ1) is 7.59. The summed E-state index contributed by atoms with van der Waals surface area (Å²) >= 11 is 0. The van der Waals surface area contributed by atoms with Crippen molar-refractivity contribution in [2.45, 2.75) is 45.3 Å². The molecule has 0 saturated carbocycles. The third-order valence-electron chi connectivity index (χ3n) is 2.93. The zero-order valence-electron chi connectivity index (χ0n) is 10.7. The molecule has 0 fully saturated rings. The molecule has 0 aliphatic heterocycles. The summed E-state index contributed by atoms with van der Waals surface area (Å²) in [6.07, 6.45) is 5.67. The first-order valence-electron chi connectivity index (χ1n) is 5.87. The van der Waals surface area contributed by atoms with Crippen LogP contribution in [0.3, 0.4) is 0 Å². The lowest BCUT2D eigenvalue weighted by molar-refractivity contribution is 0.0152. The maximum absolute atomic E-state index is 5.38. The summed E-state index contributed by atoms with van der Waals surface area (Å²) in [5, 5.41) is 3.49. The van der Waals surface area contributed by atoms with Crippen LogP contribution in [0, 0.1) is 0 Å². The molecule has 1 heterocycles. The van der Waals surface area contributed by atoms with Crippen molar-refractivity contribution in [3.63, 3.8) is 0 Å². The number of H-pyrrole nitrogens is 1. The Morgan fingerprint density at radius 1 is 1.56 bits per heavy atom. The van der Waals surface area contributed by atoms with E-state index in [1.807, 2.05) is 6.20 Å². The Balaban J connectivity index is 2.36. The molecule has 1 atom stereocenters. The van der Waals surface area contributed by atoms with E-state index in [1.54, 1.807) is 13.3 Å². The summed E-state index contributed by atoms with van der Waals surface area (Å²) in [7, 11) is 1.75. The fraction of sp³-hybridized carbons (Fsp3) is 0.750. The van der Waals surface area contributed by atoms with Gasteiger partial charge in [0.2, 0.25) is 0 Å². The first kappa shape index (κ1) is 13.2. The molecule has 1 rings (SSSR count). The van der Waals surface area contributed by atoms with Crippen LogP contribution in [-0.4, -0.2) is 29.2 Å². The first-order valence-corrected chi connectivity index (χ1v) is 5.87. The quantitative estimate of drug-likeness (QED) is 0.748. The lowest BCUT2D eigenvalue weighted by Crippen LogP contribution is -2.31. The summed E-state index contributed by atoms with van der Waals surface area (Å²) < 4.78 is 5.38. The second-order valence-electron chi connectivity index (χ2n) is 4.60. The monoisotopic (exact) mass is 225 g/mol. The Morgan fingerprint density at radius 2 is 2.31 bits per heavy atom. The van der Waals surface area contributed by atoms with Gasteiger partial charge in [0.1, 0.15) is 5.82 Å². The van der Waals surface area contributed by atoms with Gasteiger partial charge in [-0.05, 0) is 33.2 Å². The highest BCUT2D eigenvalue weighted by Gasteiger charge is 2.17. The molecule has 0 aliphatic rings. The Hall–Kier alpha value is -0.870. The maximum atomic E-state index is 5.38. The number of ether oxygens (including phenoxy) is 1. The highest BCUT2D eigenvalue weighted by Crippen LogP contribution is 2.15. The van der Waals surface area contributed by atoms with E-state index in [-0.39, 0.29) is 5.60 Å². The van der Waals surface area contributed by atoms with Crippen LogP contribution in [0.2, 0.25) is 0 Å². The van der Waals surface area contributed by atoms with Gasteiger partial charge in [0.15, 0.2) is 0 Å². The minimum atomic E-state index is -0.0611. The van der Waals surface area contributed by atoms with Gasteiger partial charge in [-0.3, -0.25) is 0 Å². The third-order valence-corrected chi connectivity index (χ3v) is 2.93. The summed E-state index contributed by atoms with van der Waals surface area (Å²) in [6.45, 7) is 7.28. The summed E-state index contributed by atoms with van der Waals surface area (Å²) in [6, 6.07) is 0.308. The van der Waals surface area contributed by atoms with E-state index in [2.05, 4.69) is 36.1 Å². The van der Waals surface area contributed by atoms with Gasteiger partial charge in [-0.1, -0.05) is 6.92 Å². The van der Waals surface area contributed by atoms with E-state index >= 15 is 0 Å². The molecule has 1 aromatic rings. The molecular formula is C12H23N3O. The van der Waals surface area contributed by atoms with Crippen LogP contribution in [0.4, 0.5) is 0 Å². The Bertz CT molecular complexity index is 282. The number of hydrogen-bond donors (Lipinski definition) is 2. The molecule has 2 N–H and O–H groups in total. The number of rotatable bonds is 7. The minimum absolute atomic E-state index is 0.0611. The normalized spacial score (nSPS) is 14.0. The molecule has 1 unspecified atom stereocenters. The molecule has 0 radical (unpaired) electrons. The average Bonchev–Trinajstić information content (AvgIpc) is 2.78. The van der Waals surface area contributed by atoms with E-state index in [1.165, 1.54) is 0 Å². The zero-order valence-corrected chi connectivity index (χ0v) is 10.7. The third kappa shape index (κ3) is 3.94. The van der Waals surface area contributed by atoms with Crippen LogP contribution < -0.4 is 5.32 Å².